The van der Waals surface area contributed by atoms with Crippen LogP contribution in [0.5, 0.6) is 0 Å². The SMILES string of the molecule is C=C(/C=C(F)\C=C/C)C(CC)CCC. The summed E-state index contributed by atoms with van der Waals surface area (Å²) in [7, 11) is 0. The van der Waals surface area contributed by atoms with Crippen LogP contribution in [-0.2, 0) is 0 Å². The molecule has 0 radical (unpaired) electrons. The van der Waals surface area contributed by atoms with Gasteiger partial charge in [0, 0.05) is 0 Å². The van der Waals surface area contributed by atoms with Crippen LogP contribution in [0.2, 0.25) is 0 Å². The van der Waals surface area contributed by atoms with Crippen LogP contribution in [0.4, 0.5) is 4.39 Å². The molecule has 0 aromatic carbocycles. The smallest absolute Gasteiger partial charge is 0.123 e. The molecule has 0 saturated heterocycles. The topological polar surface area (TPSA) is 0 Å². The average molecular weight is 196 g/mol. The van der Waals surface area contributed by atoms with Crippen molar-refractivity contribution >= 4 is 0 Å². The molecular formula is C13H21F. The Labute approximate surface area is 87.2 Å². The molecule has 1 atom stereocenters. The minimum atomic E-state index is -0.202. The second-order valence-electron chi connectivity index (χ2n) is 3.50. The number of halogens is 1. The fourth-order valence-electron chi connectivity index (χ4n) is 1.50. The molecule has 0 aromatic rings. The molecule has 0 N–H and O–H groups in total. The molecule has 0 aliphatic heterocycles. The zero-order valence-corrected chi connectivity index (χ0v) is 9.52. The van der Waals surface area contributed by atoms with Crippen molar-refractivity contribution in [2.24, 2.45) is 5.92 Å². The van der Waals surface area contributed by atoms with E-state index in [1.54, 1.807) is 19.1 Å². The largest absolute Gasteiger partial charge is 0.207 e. The van der Waals surface area contributed by atoms with Gasteiger partial charge in [-0.25, -0.2) is 4.39 Å². The fraction of sp³-hybridized carbons (Fsp3) is 0.538. The van der Waals surface area contributed by atoms with Gasteiger partial charge in [0.25, 0.3) is 0 Å². The van der Waals surface area contributed by atoms with E-state index in [4.69, 9.17) is 0 Å². The third-order valence-corrected chi connectivity index (χ3v) is 2.30. The van der Waals surface area contributed by atoms with Crippen molar-refractivity contribution in [3.8, 4) is 0 Å². The molecule has 0 saturated carbocycles. The van der Waals surface area contributed by atoms with Gasteiger partial charge >= 0.3 is 0 Å². The maximum absolute atomic E-state index is 13.1. The molecule has 0 spiro atoms. The Hall–Kier alpha value is -0.850. The zero-order chi connectivity index (χ0) is 11.0. The van der Waals surface area contributed by atoms with Gasteiger partial charge in [0.15, 0.2) is 0 Å². The molecule has 14 heavy (non-hydrogen) atoms. The summed E-state index contributed by atoms with van der Waals surface area (Å²) in [6.45, 7) is 9.98. The van der Waals surface area contributed by atoms with Crippen LogP contribution in [0.1, 0.15) is 40.0 Å². The van der Waals surface area contributed by atoms with Gasteiger partial charge < -0.3 is 0 Å². The summed E-state index contributed by atoms with van der Waals surface area (Å²) in [5.41, 5.74) is 0.907. The first kappa shape index (κ1) is 13.2. The minimum absolute atomic E-state index is 0.202. The molecule has 0 aromatic heterocycles. The van der Waals surface area contributed by atoms with E-state index in [-0.39, 0.29) is 5.83 Å². The van der Waals surface area contributed by atoms with E-state index in [0.717, 1.165) is 24.8 Å². The number of allylic oxidation sites excluding steroid dienone is 5. The maximum Gasteiger partial charge on any atom is 0.123 e. The van der Waals surface area contributed by atoms with Crippen LogP contribution in [-0.4, -0.2) is 0 Å². The van der Waals surface area contributed by atoms with E-state index in [2.05, 4.69) is 20.4 Å². The summed E-state index contributed by atoms with van der Waals surface area (Å²) in [5, 5.41) is 0. The minimum Gasteiger partial charge on any atom is -0.207 e. The van der Waals surface area contributed by atoms with Gasteiger partial charge in [0.05, 0.1) is 0 Å². The molecule has 0 aliphatic rings. The fourth-order valence-corrected chi connectivity index (χ4v) is 1.50. The van der Waals surface area contributed by atoms with Gasteiger partial charge in [0.1, 0.15) is 5.83 Å². The highest BCUT2D eigenvalue weighted by atomic mass is 19.1. The lowest BCUT2D eigenvalue weighted by atomic mass is 9.92. The third kappa shape index (κ3) is 5.00. The quantitative estimate of drug-likeness (QED) is 0.535. The monoisotopic (exact) mass is 196 g/mol. The Morgan fingerprint density at radius 2 is 2.07 bits per heavy atom. The molecule has 1 heteroatoms. The molecule has 0 heterocycles. The summed E-state index contributed by atoms with van der Waals surface area (Å²) < 4.78 is 13.1. The lowest BCUT2D eigenvalue weighted by Crippen LogP contribution is -1.99. The van der Waals surface area contributed by atoms with Crippen LogP contribution < -0.4 is 0 Å². The molecule has 0 bridgehead atoms. The Morgan fingerprint density at radius 3 is 2.50 bits per heavy atom. The number of hydrogen-bond donors (Lipinski definition) is 0. The van der Waals surface area contributed by atoms with Crippen molar-refractivity contribution in [2.75, 3.05) is 0 Å². The van der Waals surface area contributed by atoms with E-state index in [9.17, 15) is 4.39 Å². The van der Waals surface area contributed by atoms with Crippen molar-refractivity contribution in [1.82, 2.24) is 0 Å². The van der Waals surface area contributed by atoms with Crippen molar-refractivity contribution in [1.29, 1.82) is 0 Å². The molecular weight excluding hydrogens is 175 g/mol. The first-order valence-electron chi connectivity index (χ1n) is 5.34. The van der Waals surface area contributed by atoms with Gasteiger partial charge in [-0.3, -0.25) is 0 Å². The lowest BCUT2D eigenvalue weighted by Gasteiger charge is -2.13. The first-order chi connectivity index (χ1) is 6.65. The van der Waals surface area contributed by atoms with E-state index < -0.39 is 0 Å². The molecule has 80 valence electrons. The second kappa shape index (κ2) is 7.54. The number of rotatable bonds is 6. The molecule has 0 rings (SSSR count). The van der Waals surface area contributed by atoms with Crippen LogP contribution in [0.15, 0.2) is 36.2 Å². The summed E-state index contributed by atoms with van der Waals surface area (Å²) in [4.78, 5) is 0. The van der Waals surface area contributed by atoms with Crippen LogP contribution in [0.25, 0.3) is 0 Å². The summed E-state index contributed by atoms with van der Waals surface area (Å²) >= 11 is 0. The van der Waals surface area contributed by atoms with Crippen molar-refractivity contribution < 1.29 is 4.39 Å². The van der Waals surface area contributed by atoms with Crippen LogP contribution in [0.3, 0.4) is 0 Å². The highest BCUT2D eigenvalue weighted by Gasteiger charge is 2.07. The average Bonchev–Trinajstić information content (AvgIpc) is 2.14. The Bertz CT molecular complexity index is 223. The van der Waals surface area contributed by atoms with Crippen molar-refractivity contribution in [3.63, 3.8) is 0 Å². The van der Waals surface area contributed by atoms with Crippen molar-refractivity contribution in [2.45, 2.75) is 40.0 Å². The third-order valence-electron chi connectivity index (χ3n) is 2.30. The Morgan fingerprint density at radius 1 is 1.43 bits per heavy atom. The summed E-state index contributed by atoms with van der Waals surface area (Å²) in [6, 6.07) is 0. The normalized spacial score (nSPS) is 14.7. The van der Waals surface area contributed by atoms with Gasteiger partial charge in [-0.1, -0.05) is 32.9 Å². The van der Waals surface area contributed by atoms with Gasteiger partial charge in [-0.15, -0.1) is 0 Å². The highest BCUT2D eigenvalue weighted by molar-refractivity contribution is 5.25. The molecule has 0 amide bonds. The molecule has 0 nitrogen and oxygen atoms in total. The maximum atomic E-state index is 13.1. The van der Waals surface area contributed by atoms with Crippen LogP contribution in [0, 0.1) is 5.92 Å². The van der Waals surface area contributed by atoms with E-state index >= 15 is 0 Å². The van der Waals surface area contributed by atoms with Crippen LogP contribution >= 0.6 is 0 Å². The van der Waals surface area contributed by atoms with Gasteiger partial charge in [0.2, 0.25) is 0 Å². The van der Waals surface area contributed by atoms with E-state index in [0.29, 0.717) is 5.92 Å². The Kier molecular flexibility index (Phi) is 7.09. The molecule has 0 aliphatic carbocycles. The first-order valence-corrected chi connectivity index (χ1v) is 5.34. The van der Waals surface area contributed by atoms with Crippen molar-refractivity contribution in [3.05, 3.63) is 36.2 Å². The summed E-state index contributed by atoms with van der Waals surface area (Å²) in [6.07, 6.45) is 7.95. The predicted molar refractivity (Wildman–Crippen MR) is 61.8 cm³/mol. The zero-order valence-electron chi connectivity index (χ0n) is 9.52. The molecule has 0 fully saturated rings. The van der Waals surface area contributed by atoms with E-state index in [1.807, 2.05) is 0 Å². The predicted octanol–water partition coefficient (Wildman–Crippen LogP) is 4.80. The second-order valence-corrected chi connectivity index (χ2v) is 3.50. The summed E-state index contributed by atoms with van der Waals surface area (Å²) in [5.74, 6) is 0.225. The standard InChI is InChI=1S/C13H21F/c1-5-8-12(7-3)11(4)10-13(14)9-6-2/h6,9-10,12H,4-5,7-8H2,1-3H3/b9-6-,13-10+. The lowest BCUT2D eigenvalue weighted by molar-refractivity contribution is 0.542. The highest BCUT2D eigenvalue weighted by Crippen LogP contribution is 2.21. The Balaban J connectivity index is 4.36. The van der Waals surface area contributed by atoms with Gasteiger partial charge in [-0.2, -0.15) is 0 Å². The number of hydrogen-bond acceptors (Lipinski definition) is 0. The molecule has 1 unspecified atom stereocenters. The van der Waals surface area contributed by atoms with Gasteiger partial charge in [-0.05, 0) is 43.4 Å². The van der Waals surface area contributed by atoms with E-state index in [1.165, 1.54) is 6.08 Å².